The number of nitrogens with one attached hydrogen (secondary N) is 2. The molecule has 2 N–H and O–H groups in total. The van der Waals surface area contributed by atoms with E-state index in [0.29, 0.717) is 12.0 Å². The SMILES string of the molecule is CC(NC(=NCC(=O)N(C)C)NC1CCN(c2ccccc2)CC1)c1ccccc1. The summed E-state index contributed by atoms with van der Waals surface area (Å²) in [6.07, 6.45) is 2.05. The summed E-state index contributed by atoms with van der Waals surface area (Å²) in [5, 5.41) is 7.04. The highest BCUT2D eigenvalue weighted by atomic mass is 16.2. The van der Waals surface area contributed by atoms with Crippen molar-refractivity contribution in [1.29, 1.82) is 0 Å². The molecule has 1 amide bonds. The number of carbonyl (C=O) groups is 1. The Kier molecular flexibility index (Phi) is 7.71. The first-order valence-corrected chi connectivity index (χ1v) is 10.7. The zero-order valence-electron chi connectivity index (χ0n) is 18.2. The Morgan fingerprint density at radius 2 is 1.67 bits per heavy atom. The van der Waals surface area contributed by atoms with Gasteiger partial charge in [0.25, 0.3) is 0 Å². The number of hydrogen-bond acceptors (Lipinski definition) is 3. The molecule has 0 aromatic heterocycles. The highest BCUT2D eigenvalue weighted by Crippen LogP contribution is 2.19. The molecule has 6 nitrogen and oxygen atoms in total. The van der Waals surface area contributed by atoms with Crippen LogP contribution in [0, 0.1) is 0 Å². The van der Waals surface area contributed by atoms with Gasteiger partial charge in [-0.05, 0) is 37.5 Å². The average molecular weight is 408 g/mol. The summed E-state index contributed by atoms with van der Waals surface area (Å²) in [6, 6.07) is 21.2. The maximum Gasteiger partial charge on any atom is 0.243 e. The van der Waals surface area contributed by atoms with Crippen molar-refractivity contribution in [3.63, 3.8) is 0 Å². The summed E-state index contributed by atoms with van der Waals surface area (Å²) in [6.45, 7) is 4.24. The van der Waals surface area contributed by atoms with E-state index in [9.17, 15) is 4.79 Å². The van der Waals surface area contributed by atoms with E-state index < -0.39 is 0 Å². The third-order valence-electron chi connectivity index (χ3n) is 5.48. The van der Waals surface area contributed by atoms with E-state index >= 15 is 0 Å². The molecule has 3 rings (SSSR count). The number of guanidine groups is 1. The summed E-state index contributed by atoms with van der Waals surface area (Å²) in [5.74, 6) is 0.682. The minimum atomic E-state index is -0.0117. The van der Waals surface area contributed by atoms with Crippen LogP contribution < -0.4 is 15.5 Å². The van der Waals surface area contributed by atoms with Gasteiger partial charge in [-0.2, -0.15) is 0 Å². The second-order valence-electron chi connectivity index (χ2n) is 7.97. The molecular formula is C24H33N5O. The molecule has 0 spiro atoms. The third-order valence-corrected chi connectivity index (χ3v) is 5.48. The van der Waals surface area contributed by atoms with E-state index in [2.05, 4.69) is 69.9 Å². The number of piperidine rings is 1. The molecule has 0 aliphatic carbocycles. The first kappa shape index (κ1) is 21.7. The lowest BCUT2D eigenvalue weighted by atomic mass is 10.0. The number of aliphatic imine (C=N–C) groups is 1. The first-order chi connectivity index (χ1) is 14.5. The predicted octanol–water partition coefficient (Wildman–Crippen LogP) is 3.04. The van der Waals surface area contributed by atoms with E-state index in [-0.39, 0.29) is 18.5 Å². The largest absolute Gasteiger partial charge is 0.371 e. The van der Waals surface area contributed by atoms with Crippen LogP contribution in [0.4, 0.5) is 5.69 Å². The van der Waals surface area contributed by atoms with Gasteiger partial charge in [0.1, 0.15) is 6.54 Å². The van der Waals surface area contributed by atoms with Gasteiger partial charge in [0.05, 0.1) is 6.04 Å². The Morgan fingerprint density at radius 1 is 1.07 bits per heavy atom. The number of benzene rings is 2. The van der Waals surface area contributed by atoms with Crippen molar-refractivity contribution < 1.29 is 4.79 Å². The molecule has 160 valence electrons. The molecule has 6 heteroatoms. The van der Waals surface area contributed by atoms with Crippen molar-refractivity contribution in [3.05, 3.63) is 66.2 Å². The maximum absolute atomic E-state index is 12.1. The number of amides is 1. The molecule has 1 aliphatic heterocycles. The number of likely N-dealkylation sites (N-methyl/N-ethyl adjacent to an activating group) is 1. The van der Waals surface area contributed by atoms with Gasteiger partial charge in [-0.1, -0.05) is 48.5 Å². The van der Waals surface area contributed by atoms with Crippen molar-refractivity contribution in [2.45, 2.75) is 31.8 Å². The molecule has 1 aliphatic rings. The maximum atomic E-state index is 12.1. The summed E-state index contributed by atoms with van der Waals surface area (Å²) < 4.78 is 0. The number of nitrogens with zero attached hydrogens (tertiary/aromatic N) is 3. The van der Waals surface area contributed by atoms with Crippen LogP contribution in [-0.4, -0.2) is 56.5 Å². The van der Waals surface area contributed by atoms with Crippen LogP contribution in [0.3, 0.4) is 0 Å². The van der Waals surface area contributed by atoms with Gasteiger partial charge in [0, 0.05) is 38.9 Å². The highest BCUT2D eigenvalue weighted by Gasteiger charge is 2.21. The molecule has 0 saturated carbocycles. The molecule has 0 bridgehead atoms. The lowest BCUT2D eigenvalue weighted by molar-refractivity contribution is -0.127. The quantitative estimate of drug-likeness (QED) is 0.571. The van der Waals surface area contributed by atoms with Crippen LogP contribution in [0.15, 0.2) is 65.7 Å². The molecular weight excluding hydrogens is 374 g/mol. The summed E-state index contributed by atoms with van der Waals surface area (Å²) in [4.78, 5) is 20.6. The topological polar surface area (TPSA) is 60.0 Å². The summed E-state index contributed by atoms with van der Waals surface area (Å²) in [5.41, 5.74) is 2.46. The van der Waals surface area contributed by atoms with Gasteiger partial charge >= 0.3 is 0 Å². The number of hydrogen-bond donors (Lipinski definition) is 2. The van der Waals surface area contributed by atoms with Gasteiger partial charge in [-0.3, -0.25) is 4.79 Å². The van der Waals surface area contributed by atoms with Crippen molar-refractivity contribution in [2.75, 3.05) is 38.6 Å². The predicted molar refractivity (Wildman–Crippen MR) is 124 cm³/mol. The molecule has 30 heavy (non-hydrogen) atoms. The van der Waals surface area contributed by atoms with E-state index in [1.807, 2.05) is 18.2 Å². The minimum absolute atomic E-state index is 0.0117. The molecule has 1 atom stereocenters. The van der Waals surface area contributed by atoms with Crippen LogP contribution >= 0.6 is 0 Å². The van der Waals surface area contributed by atoms with Crippen molar-refractivity contribution in [2.24, 2.45) is 4.99 Å². The summed E-state index contributed by atoms with van der Waals surface area (Å²) in [7, 11) is 3.51. The minimum Gasteiger partial charge on any atom is -0.371 e. The number of rotatable bonds is 6. The van der Waals surface area contributed by atoms with E-state index in [4.69, 9.17) is 0 Å². The summed E-state index contributed by atoms with van der Waals surface area (Å²) >= 11 is 0. The second kappa shape index (κ2) is 10.7. The van der Waals surface area contributed by atoms with Gasteiger partial charge in [-0.15, -0.1) is 0 Å². The van der Waals surface area contributed by atoms with Gasteiger partial charge in [0.2, 0.25) is 5.91 Å². The lowest BCUT2D eigenvalue weighted by Gasteiger charge is -2.35. The van der Waals surface area contributed by atoms with Crippen molar-refractivity contribution >= 4 is 17.6 Å². The third kappa shape index (κ3) is 6.24. The Morgan fingerprint density at radius 3 is 2.27 bits per heavy atom. The monoisotopic (exact) mass is 407 g/mol. The Balaban J connectivity index is 1.62. The van der Waals surface area contributed by atoms with E-state index in [1.54, 1.807) is 19.0 Å². The fourth-order valence-electron chi connectivity index (χ4n) is 3.57. The van der Waals surface area contributed by atoms with Gasteiger partial charge in [0.15, 0.2) is 5.96 Å². The van der Waals surface area contributed by atoms with Crippen LogP contribution in [0.1, 0.15) is 31.4 Å². The van der Waals surface area contributed by atoms with E-state index in [1.165, 1.54) is 11.3 Å². The van der Waals surface area contributed by atoms with Crippen LogP contribution in [0.2, 0.25) is 0 Å². The molecule has 1 saturated heterocycles. The number of carbonyl (C=O) groups excluding carboxylic acids is 1. The number of anilines is 1. The Hall–Kier alpha value is -3.02. The van der Waals surface area contributed by atoms with Crippen LogP contribution in [-0.2, 0) is 4.79 Å². The molecule has 1 heterocycles. The van der Waals surface area contributed by atoms with E-state index in [0.717, 1.165) is 25.9 Å². The fourth-order valence-corrected chi connectivity index (χ4v) is 3.57. The molecule has 2 aromatic rings. The van der Waals surface area contributed by atoms with Gasteiger partial charge in [-0.25, -0.2) is 4.99 Å². The molecule has 2 aromatic carbocycles. The standard InChI is InChI=1S/C24H33N5O/c1-19(20-10-6-4-7-11-20)26-24(25-18-23(30)28(2)3)27-21-14-16-29(17-15-21)22-12-8-5-9-13-22/h4-13,19,21H,14-18H2,1-3H3,(H2,25,26,27). The van der Waals surface area contributed by atoms with Crippen molar-refractivity contribution in [1.82, 2.24) is 15.5 Å². The molecule has 1 unspecified atom stereocenters. The second-order valence-corrected chi connectivity index (χ2v) is 7.97. The van der Waals surface area contributed by atoms with Crippen LogP contribution in [0.25, 0.3) is 0 Å². The smallest absolute Gasteiger partial charge is 0.243 e. The normalized spacial score (nSPS) is 16.1. The zero-order chi connectivity index (χ0) is 21.3. The molecule has 1 fully saturated rings. The zero-order valence-corrected chi connectivity index (χ0v) is 18.2. The lowest BCUT2D eigenvalue weighted by Crippen LogP contribution is -2.49. The van der Waals surface area contributed by atoms with Gasteiger partial charge < -0.3 is 20.4 Å². The fraction of sp³-hybridized carbons (Fsp3) is 0.417. The van der Waals surface area contributed by atoms with Crippen LogP contribution in [0.5, 0.6) is 0 Å². The Labute approximate surface area is 180 Å². The van der Waals surface area contributed by atoms with Crippen molar-refractivity contribution in [3.8, 4) is 0 Å². The Bertz CT molecular complexity index is 814. The highest BCUT2D eigenvalue weighted by molar-refractivity contribution is 5.85. The molecule has 0 radical (unpaired) electrons. The number of para-hydroxylation sites is 1. The first-order valence-electron chi connectivity index (χ1n) is 10.7. The average Bonchev–Trinajstić information content (AvgIpc) is 2.78.